The van der Waals surface area contributed by atoms with Crippen molar-refractivity contribution in [1.29, 1.82) is 0 Å². The molecule has 1 unspecified atom stereocenters. The summed E-state index contributed by atoms with van der Waals surface area (Å²) in [6, 6.07) is 0.305. The van der Waals surface area contributed by atoms with Crippen LogP contribution in [0.15, 0.2) is 10.7 Å². The number of aromatic nitrogens is 4. The molecule has 2 aromatic heterocycles. The van der Waals surface area contributed by atoms with Crippen LogP contribution in [0.1, 0.15) is 44.0 Å². The summed E-state index contributed by atoms with van der Waals surface area (Å²) in [5.74, 6) is 2.21. The van der Waals surface area contributed by atoms with Gasteiger partial charge in [-0.1, -0.05) is 19.0 Å². The number of rotatable bonds is 5. The lowest BCUT2D eigenvalue weighted by Gasteiger charge is -2.08. The second kappa shape index (κ2) is 7.47. The zero-order chi connectivity index (χ0) is 14.7. The molecular weight excluding hydrogens is 290 g/mol. The van der Waals surface area contributed by atoms with Crippen molar-refractivity contribution in [3.63, 3.8) is 0 Å². The highest BCUT2D eigenvalue weighted by atomic mass is 35.5. The van der Waals surface area contributed by atoms with Gasteiger partial charge in [0.25, 0.3) is 5.89 Å². The van der Waals surface area contributed by atoms with Crippen LogP contribution in [0.4, 0.5) is 0 Å². The van der Waals surface area contributed by atoms with Crippen molar-refractivity contribution in [1.82, 2.24) is 25.4 Å². The Morgan fingerprint density at radius 2 is 1.95 bits per heavy atom. The van der Waals surface area contributed by atoms with Crippen molar-refractivity contribution in [2.45, 2.75) is 46.1 Å². The molecular formula is C14H22ClN5O. The Morgan fingerprint density at radius 3 is 2.57 bits per heavy atom. The predicted molar refractivity (Wildman–Crippen MR) is 83.6 cm³/mol. The maximum absolute atomic E-state index is 5.36. The highest BCUT2D eigenvalue weighted by Gasteiger charge is 2.17. The molecule has 0 fully saturated rings. The normalized spacial score (nSPS) is 12.3. The van der Waals surface area contributed by atoms with Crippen LogP contribution in [0, 0.1) is 6.92 Å². The first-order valence-electron chi connectivity index (χ1n) is 6.85. The Kier molecular flexibility index (Phi) is 6.23. The number of halogens is 1. The molecule has 1 atom stereocenters. The molecule has 2 aromatic rings. The fraction of sp³-hybridized carbons (Fsp3) is 0.571. The summed E-state index contributed by atoms with van der Waals surface area (Å²) in [6.45, 7) is 8.13. The second-order valence-corrected chi connectivity index (χ2v) is 5.28. The van der Waals surface area contributed by atoms with E-state index in [4.69, 9.17) is 4.52 Å². The van der Waals surface area contributed by atoms with Crippen molar-refractivity contribution in [2.75, 3.05) is 7.05 Å². The standard InChI is InChI=1S/C14H21N5O.ClH/c1-8(2)13-11(7-16-10(4)17-13)14-18-12(19-20-14)6-9(3)15-5;/h7-9,15H,6H2,1-5H3;1H. The molecule has 0 radical (unpaired) electrons. The van der Waals surface area contributed by atoms with Crippen molar-refractivity contribution in [3.8, 4) is 11.5 Å². The molecule has 0 amide bonds. The lowest BCUT2D eigenvalue weighted by Crippen LogP contribution is -2.24. The maximum Gasteiger partial charge on any atom is 0.261 e. The summed E-state index contributed by atoms with van der Waals surface area (Å²) in [5, 5.41) is 7.17. The molecule has 0 aliphatic rings. The van der Waals surface area contributed by atoms with Crippen LogP contribution < -0.4 is 5.32 Å². The van der Waals surface area contributed by atoms with Gasteiger partial charge in [-0.3, -0.25) is 0 Å². The largest absolute Gasteiger partial charge is 0.334 e. The number of hydrogen-bond acceptors (Lipinski definition) is 6. The molecule has 2 rings (SSSR count). The third-order valence-corrected chi connectivity index (χ3v) is 3.17. The van der Waals surface area contributed by atoms with Gasteiger partial charge < -0.3 is 9.84 Å². The fourth-order valence-electron chi connectivity index (χ4n) is 1.91. The van der Waals surface area contributed by atoms with E-state index in [1.54, 1.807) is 6.20 Å². The van der Waals surface area contributed by atoms with E-state index >= 15 is 0 Å². The van der Waals surface area contributed by atoms with Gasteiger partial charge in [-0.25, -0.2) is 9.97 Å². The third-order valence-electron chi connectivity index (χ3n) is 3.17. The van der Waals surface area contributed by atoms with Crippen LogP contribution in [0.3, 0.4) is 0 Å². The Morgan fingerprint density at radius 1 is 1.24 bits per heavy atom. The smallest absolute Gasteiger partial charge is 0.261 e. The van der Waals surface area contributed by atoms with Crippen LogP contribution in [0.5, 0.6) is 0 Å². The minimum Gasteiger partial charge on any atom is -0.334 e. The molecule has 7 heteroatoms. The monoisotopic (exact) mass is 311 g/mol. The van der Waals surface area contributed by atoms with E-state index < -0.39 is 0 Å². The van der Waals surface area contributed by atoms with Gasteiger partial charge in [0.1, 0.15) is 5.82 Å². The topological polar surface area (TPSA) is 76.7 Å². The Labute approximate surface area is 131 Å². The summed E-state index contributed by atoms with van der Waals surface area (Å²) in [4.78, 5) is 13.2. The summed E-state index contributed by atoms with van der Waals surface area (Å²) in [6.07, 6.45) is 2.49. The van der Waals surface area contributed by atoms with E-state index in [0.717, 1.165) is 23.5 Å². The van der Waals surface area contributed by atoms with Gasteiger partial charge >= 0.3 is 0 Å². The van der Waals surface area contributed by atoms with Crippen molar-refractivity contribution in [3.05, 3.63) is 23.5 Å². The SMILES string of the molecule is CNC(C)Cc1noc(-c2cnc(C)nc2C(C)C)n1.Cl. The van der Waals surface area contributed by atoms with Gasteiger partial charge in [-0.15, -0.1) is 12.4 Å². The van der Waals surface area contributed by atoms with Crippen molar-refractivity contribution in [2.24, 2.45) is 0 Å². The van der Waals surface area contributed by atoms with Crippen LogP contribution in [0.25, 0.3) is 11.5 Å². The molecule has 21 heavy (non-hydrogen) atoms. The number of hydrogen-bond donors (Lipinski definition) is 1. The average Bonchev–Trinajstić information content (AvgIpc) is 2.86. The van der Waals surface area contributed by atoms with E-state index in [1.807, 2.05) is 14.0 Å². The van der Waals surface area contributed by atoms with E-state index in [9.17, 15) is 0 Å². The zero-order valence-corrected chi connectivity index (χ0v) is 13.9. The first-order valence-corrected chi connectivity index (χ1v) is 6.85. The van der Waals surface area contributed by atoms with Gasteiger partial charge in [0, 0.05) is 18.7 Å². The molecule has 0 saturated carbocycles. The predicted octanol–water partition coefficient (Wildman–Crippen LogP) is 2.53. The molecule has 6 nitrogen and oxygen atoms in total. The van der Waals surface area contributed by atoms with E-state index in [-0.39, 0.29) is 18.3 Å². The highest BCUT2D eigenvalue weighted by Crippen LogP contribution is 2.25. The number of likely N-dealkylation sites (N-methyl/N-ethyl adjacent to an activating group) is 1. The summed E-state index contributed by atoms with van der Waals surface area (Å²) in [5.41, 5.74) is 1.76. The molecule has 0 aromatic carbocycles. The van der Waals surface area contributed by atoms with Crippen LogP contribution in [-0.2, 0) is 6.42 Å². The average molecular weight is 312 g/mol. The number of nitrogens with one attached hydrogen (secondary N) is 1. The van der Waals surface area contributed by atoms with Crippen LogP contribution in [0.2, 0.25) is 0 Å². The molecule has 0 saturated heterocycles. The van der Waals surface area contributed by atoms with E-state index in [0.29, 0.717) is 17.8 Å². The minimum atomic E-state index is 0. The molecule has 0 bridgehead atoms. The quantitative estimate of drug-likeness (QED) is 0.914. The molecule has 1 N–H and O–H groups in total. The Hall–Kier alpha value is -1.53. The molecule has 2 heterocycles. The Bertz CT molecular complexity index is 584. The van der Waals surface area contributed by atoms with Gasteiger partial charge in [-0.2, -0.15) is 4.98 Å². The summed E-state index contributed by atoms with van der Waals surface area (Å²) in [7, 11) is 1.91. The minimum absolute atomic E-state index is 0. The summed E-state index contributed by atoms with van der Waals surface area (Å²) < 4.78 is 5.36. The maximum atomic E-state index is 5.36. The number of aryl methyl sites for hydroxylation is 1. The van der Waals surface area contributed by atoms with E-state index in [1.165, 1.54) is 0 Å². The molecule has 0 aliphatic carbocycles. The highest BCUT2D eigenvalue weighted by molar-refractivity contribution is 5.85. The van der Waals surface area contributed by atoms with Crippen molar-refractivity contribution >= 4 is 12.4 Å². The Balaban J connectivity index is 0.00000220. The van der Waals surface area contributed by atoms with Gasteiger partial charge in [-0.05, 0) is 26.8 Å². The molecule has 116 valence electrons. The second-order valence-electron chi connectivity index (χ2n) is 5.28. The van der Waals surface area contributed by atoms with Crippen molar-refractivity contribution < 1.29 is 4.52 Å². The van der Waals surface area contributed by atoms with Crippen LogP contribution >= 0.6 is 12.4 Å². The lowest BCUT2D eigenvalue weighted by molar-refractivity contribution is 0.417. The lowest BCUT2D eigenvalue weighted by atomic mass is 10.1. The fourth-order valence-corrected chi connectivity index (χ4v) is 1.91. The van der Waals surface area contributed by atoms with Gasteiger partial charge in [0.15, 0.2) is 5.82 Å². The van der Waals surface area contributed by atoms with E-state index in [2.05, 4.69) is 46.2 Å². The molecule has 0 spiro atoms. The first-order chi connectivity index (χ1) is 9.51. The summed E-state index contributed by atoms with van der Waals surface area (Å²) >= 11 is 0. The van der Waals surface area contributed by atoms with Crippen LogP contribution in [-0.4, -0.2) is 33.2 Å². The first kappa shape index (κ1) is 17.5. The number of nitrogens with zero attached hydrogens (tertiary/aromatic N) is 4. The molecule has 0 aliphatic heterocycles. The van der Waals surface area contributed by atoms with Gasteiger partial charge in [0.2, 0.25) is 0 Å². The third kappa shape index (κ3) is 4.22. The van der Waals surface area contributed by atoms with Gasteiger partial charge in [0.05, 0.1) is 11.3 Å². The zero-order valence-electron chi connectivity index (χ0n) is 13.0.